The zero-order valence-electron chi connectivity index (χ0n) is 22.3. The highest BCUT2D eigenvalue weighted by molar-refractivity contribution is 5.92. The van der Waals surface area contributed by atoms with Crippen LogP contribution in [-0.4, -0.2) is 60.3 Å². The van der Waals surface area contributed by atoms with Crippen LogP contribution in [0.1, 0.15) is 56.6 Å². The molecule has 2 N–H and O–H groups in total. The summed E-state index contributed by atoms with van der Waals surface area (Å²) in [6, 6.07) is 14.8. The Morgan fingerprint density at radius 2 is 1.95 bits per heavy atom. The summed E-state index contributed by atoms with van der Waals surface area (Å²) in [7, 11) is 1.62. The molecule has 0 unspecified atom stereocenters. The molecule has 2 aliphatic carbocycles. The Bertz CT molecular complexity index is 1210. The number of fused-ring (bicyclic) bond motifs is 1. The van der Waals surface area contributed by atoms with Gasteiger partial charge in [0.2, 0.25) is 5.91 Å². The van der Waals surface area contributed by atoms with Crippen molar-refractivity contribution in [1.29, 1.82) is 0 Å². The zero-order chi connectivity index (χ0) is 26.8. The van der Waals surface area contributed by atoms with Gasteiger partial charge in [0.1, 0.15) is 17.1 Å². The minimum atomic E-state index is -0.711. The van der Waals surface area contributed by atoms with E-state index in [1.165, 1.54) is 19.8 Å². The van der Waals surface area contributed by atoms with Gasteiger partial charge in [-0.2, -0.15) is 0 Å². The number of ether oxygens (including phenoxy) is 2. The van der Waals surface area contributed by atoms with Crippen molar-refractivity contribution in [2.24, 2.45) is 5.92 Å². The molecular formula is C31H38N2O5. The average Bonchev–Trinajstić information content (AvgIpc) is 3.71. The quantitative estimate of drug-likeness (QED) is 0.397. The topological polar surface area (TPSA) is 88.1 Å². The average molecular weight is 519 g/mol. The van der Waals surface area contributed by atoms with Crippen LogP contribution in [0.3, 0.4) is 0 Å². The number of carbonyl (C=O) groups is 2. The number of rotatable bonds is 8. The lowest BCUT2D eigenvalue weighted by Crippen LogP contribution is -2.68. The minimum Gasteiger partial charge on any atom is -0.508 e. The summed E-state index contributed by atoms with van der Waals surface area (Å²) < 4.78 is 11.6. The van der Waals surface area contributed by atoms with Gasteiger partial charge < -0.3 is 19.9 Å². The Morgan fingerprint density at radius 3 is 2.68 bits per heavy atom. The van der Waals surface area contributed by atoms with E-state index < -0.39 is 11.0 Å². The third-order valence-electron chi connectivity index (χ3n) is 8.52. The van der Waals surface area contributed by atoms with Crippen molar-refractivity contribution in [1.82, 2.24) is 10.2 Å². The van der Waals surface area contributed by atoms with E-state index in [2.05, 4.69) is 10.2 Å². The number of nitrogens with zero attached hydrogens (tertiary/aromatic N) is 1. The molecule has 1 aliphatic heterocycles. The van der Waals surface area contributed by atoms with Gasteiger partial charge in [0, 0.05) is 37.5 Å². The molecule has 38 heavy (non-hydrogen) atoms. The van der Waals surface area contributed by atoms with E-state index >= 15 is 0 Å². The van der Waals surface area contributed by atoms with Gasteiger partial charge in [-0.25, -0.2) is 0 Å². The Labute approximate surface area is 224 Å². The zero-order valence-corrected chi connectivity index (χ0v) is 22.3. The highest BCUT2D eigenvalue weighted by atomic mass is 16.6. The van der Waals surface area contributed by atoms with E-state index in [0.29, 0.717) is 25.8 Å². The fourth-order valence-corrected chi connectivity index (χ4v) is 6.60. The van der Waals surface area contributed by atoms with Crippen molar-refractivity contribution >= 4 is 18.0 Å². The molecule has 7 nitrogen and oxygen atoms in total. The van der Waals surface area contributed by atoms with Crippen LogP contribution < -0.4 is 10.1 Å². The predicted octanol–water partition coefficient (Wildman–Crippen LogP) is 4.44. The number of aromatic hydroxyl groups is 1. The van der Waals surface area contributed by atoms with E-state index in [1.807, 2.05) is 42.5 Å². The normalized spacial score (nSPS) is 27.5. The number of methoxy groups -OCH3 is 1. The molecule has 3 fully saturated rings. The maximum Gasteiger partial charge on any atom is 0.303 e. The molecule has 0 bridgehead atoms. The van der Waals surface area contributed by atoms with Crippen LogP contribution in [0.2, 0.25) is 0 Å². The molecule has 2 saturated carbocycles. The second-order valence-electron chi connectivity index (χ2n) is 11.2. The number of phenols is 1. The summed E-state index contributed by atoms with van der Waals surface area (Å²) in [5.41, 5.74) is 0.633. The summed E-state index contributed by atoms with van der Waals surface area (Å²) in [6.07, 6.45) is 8.67. The van der Waals surface area contributed by atoms with E-state index in [-0.39, 0.29) is 23.7 Å². The third kappa shape index (κ3) is 5.58. The molecule has 202 valence electrons. The van der Waals surface area contributed by atoms with Crippen LogP contribution >= 0.6 is 0 Å². The lowest BCUT2D eigenvalue weighted by Gasteiger charge is -2.59. The minimum absolute atomic E-state index is 0.0847. The molecular weight excluding hydrogens is 480 g/mol. The van der Waals surface area contributed by atoms with Gasteiger partial charge in [0.25, 0.3) is 0 Å². The Kier molecular flexibility index (Phi) is 7.48. The SMILES string of the molecule is COc1cccc(C=CC(=O)N[C@@H]2CC[C@]3(OC(C)=O)CN(CC4CC4)CC[C@@]3(c3cccc(O)c3)C2)c1. The van der Waals surface area contributed by atoms with Gasteiger partial charge in [-0.05, 0) is 92.5 Å². The monoisotopic (exact) mass is 518 g/mol. The standard InChI is InChI=1S/C31H38N2O5/c1-22(34)38-31-14-13-26(32-29(36)12-11-23-5-3-8-28(17-23)37-2)19-30(31,25-6-4-7-27(35)18-25)15-16-33(21-31)20-24-9-10-24/h3-8,11-12,17-18,24,26,35H,9-10,13-16,19-21H2,1-2H3,(H,32,36)/t26-,30+,31+/m1/s1. The molecule has 5 rings (SSSR count). The van der Waals surface area contributed by atoms with Gasteiger partial charge in [0.15, 0.2) is 0 Å². The van der Waals surface area contributed by atoms with Crippen LogP contribution in [-0.2, 0) is 19.7 Å². The first-order chi connectivity index (χ1) is 18.3. The van der Waals surface area contributed by atoms with Crippen molar-refractivity contribution in [3.63, 3.8) is 0 Å². The summed E-state index contributed by atoms with van der Waals surface area (Å²) in [5.74, 6) is 1.23. The molecule has 0 aromatic heterocycles. The molecule has 0 spiro atoms. The highest BCUT2D eigenvalue weighted by Gasteiger charge is 2.61. The van der Waals surface area contributed by atoms with Crippen LogP contribution in [0.4, 0.5) is 0 Å². The molecule has 3 atom stereocenters. The molecule has 1 amide bonds. The Morgan fingerprint density at radius 1 is 1.13 bits per heavy atom. The second-order valence-corrected chi connectivity index (χ2v) is 11.2. The predicted molar refractivity (Wildman–Crippen MR) is 146 cm³/mol. The molecule has 1 saturated heterocycles. The number of esters is 1. The smallest absolute Gasteiger partial charge is 0.303 e. The van der Waals surface area contributed by atoms with Crippen LogP contribution in [0, 0.1) is 5.92 Å². The first kappa shape index (κ1) is 26.3. The number of phenolic OH excluding ortho intramolecular Hbond substituents is 1. The number of nitrogens with one attached hydrogen (secondary N) is 1. The maximum absolute atomic E-state index is 13.0. The van der Waals surface area contributed by atoms with Crippen molar-refractivity contribution in [3.8, 4) is 11.5 Å². The largest absolute Gasteiger partial charge is 0.508 e. The van der Waals surface area contributed by atoms with Gasteiger partial charge in [-0.1, -0.05) is 24.3 Å². The summed E-state index contributed by atoms with van der Waals surface area (Å²) in [5, 5.41) is 13.6. The lowest BCUT2D eigenvalue weighted by atomic mass is 9.55. The van der Waals surface area contributed by atoms with Gasteiger partial charge >= 0.3 is 5.97 Å². The molecule has 7 heteroatoms. The summed E-state index contributed by atoms with van der Waals surface area (Å²) in [4.78, 5) is 27.9. The van der Waals surface area contributed by atoms with E-state index in [4.69, 9.17) is 9.47 Å². The molecule has 2 aromatic rings. The van der Waals surface area contributed by atoms with Crippen LogP contribution in [0.25, 0.3) is 6.08 Å². The van der Waals surface area contributed by atoms with Gasteiger partial charge in [0.05, 0.1) is 7.11 Å². The number of likely N-dealkylation sites (tertiary alicyclic amines) is 1. The maximum atomic E-state index is 13.0. The lowest BCUT2D eigenvalue weighted by molar-refractivity contribution is -0.187. The second kappa shape index (κ2) is 10.8. The number of hydrogen-bond acceptors (Lipinski definition) is 6. The summed E-state index contributed by atoms with van der Waals surface area (Å²) >= 11 is 0. The van der Waals surface area contributed by atoms with Crippen molar-refractivity contribution in [2.75, 3.05) is 26.7 Å². The third-order valence-corrected chi connectivity index (χ3v) is 8.52. The van der Waals surface area contributed by atoms with Crippen LogP contribution in [0.5, 0.6) is 11.5 Å². The van der Waals surface area contributed by atoms with Crippen molar-refractivity contribution in [3.05, 3.63) is 65.7 Å². The van der Waals surface area contributed by atoms with Crippen LogP contribution in [0.15, 0.2) is 54.6 Å². The summed E-state index contributed by atoms with van der Waals surface area (Å²) in [6.45, 7) is 4.09. The van der Waals surface area contributed by atoms with Crippen molar-refractivity contribution in [2.45, 2.75) is 62.5 Å². The number of carbonyl (C=O) groups excluding carboxylic acids is 2. The Balaban J connectivity index is 1.40. The number of amides is 1. The number of benzene rings is 2. The number of piperidine rings is 1. The molecule has 1 heterocycles. The number of hydrogen-bond donors (Lipinski definition) is 2. The fourth-order valence-electron chi connectivity index (χ4n) is 6.60. The van der Waals surface area contributed by atoms with Crippen molar-refractivity contribution < 1.29 is 24.2 Å². The van der Waals surface area contributed by atoms with E-state index in [0.717, 1.165) is 42.3 Å². The fraction of sp³-hybridized carbons (Fsp3) is 0.484. The first-order valence-corrected chi connectivity index (χ1v) is 13.6. The molecule has 2 aromatic carbocycles. The first-order valence-electron chi connectivity index (χ1n) is 13.6. The Hall–Kier alpha value is -3.32. The van der Waals surface area contributed by atoms with E-state index in [1.54, 1.807) is 25.3 Å². The molecule has 3 aliphatic rings. The molecule has 0 radical (unpaired) electrons. The van der Waals surface area contributed by atoms with Gasteiger partial charge in [-0.3, -0.25) is 14.5 Å². The van der Waals surface area contributed by atoms with E-state index in [9.17, 15) is 14.7 Å². The van der Waals surface area contributed by atoms with Gasteiger partial charge in [-0.15, -0.1) is 0 Å². The highest BCUT2D eigenvalue weighted by Crippen LogP contribution is 2.54.